The van der Waals surface area contributed by atoms with Gasteiger partial charge in [-0.25, -0.2) is 0 Å². The zero-order valence-corrected chi connectivity index (χ0v) is 12.4. The van der Waals surface area contributed by atoms with Gasteiger partial charge in [0, 0.05) is 16.4 Å². The van der Waals surface area contributed by atoms with Crippen LogP contribution in [0.4, 0.5) is 18.9 Å². The minimum absolute atomic E-state index is 0.0784. The number of anilines is 1. The molecule has 2 rings (SSSR count). The van der Waals surface area contributed by atoms with Crippen LogP contribution >= 0.6 is 15.9 Å². The molecular weight excluding hydrogens is 349 g/mol. The molecule has 0 fully saturated rings. The Morgan fingerprint density at radius 2 is 1.95 bits per heavy atom. The third-order valence-electron chi connectivity index (χ3n) is 2.76. The van der Waals surface area contributed by atoms with E-state index in [-0.39, 0.29) is 5.69 Å². The van der Waals surface area contributed by atoms with E-state index in [0.29, 0.717) is 11.9 Å². The fourth-order valence-corrected chi connectivity index (χ4v) is 2.13. The van der Waals surface area contributed by atoms with Gasteiger partial charge in [-0.3, -0.25) is 9.78 Å². The second kappa shape index (κ2) is 5.85. The molecule has 0 spiro atoms. The lowest BCUT2D eigenvalue weighted by molar-refractivity contribution is -0.137. The van der Waals surface area contributed by atoms with Crippen LogP contribution in [-0.2, 0) is 6.18 Å². The van der Waals surface area contributed by atoms with Crippen LogP contribution in [0.5, 0.6) is 0 Å². The average molecular weight is 359 g/mol. The minimum atomic E-state index is -4.47. The highest BCUT2D eigenvalue weighted by molar-refractivity contribution is 9.10. The molecule has 0 atom stereocenters. The Labute approximate surface area is 127 Å². The molecule has 0 bridgehead atoms. The first-order chi connectivity index (χ1) is 9.77. The number of alkyl halides is 3. The smallest absolute Gasteiger partial charge is 0.320 e. The van der Waals surface area contributed by atoms with Crippen LogP contribution < -0.4 is 5.32 Å². The van der Waals surface area contributed by atoms with Gasteiger partial charge in [-0.2, -0.15) is 13.2 Å². The first kappa shape index (κ1) is 15.5. The van der Waals surface area contributed by atoms with Crippen LogP contribution in [0.1, 0.15) is 21.6 Å². The summed E-state index contributed by atoms with van der Waals surface area (Å²) in [6, 6.07) is 7.14. The summed E-state index contributed by atoms with van der Waals surface area (Å²) in [5.74, 6) is -0.561. The largest absolute Gasteiger partial charge is 0.417 e. The highest BCUT2D eigenvalue weighted by Gasteiger charge is 2.30. The van der Waals surface area contributed by atoms with Crippen LogP contribution in [0.3, 0.4) is 0 Å². The van der Waals surface area contributed by atoms with Crippen molar-refractivity contribution in [1.29, 1.82) is 0 Å². The number of amides is 1. The zero-order chi connectivity index (χ0) is 15.6. The molecule has 1 aromatic carbocycles. The lowest BCUT2D eigenvalue weighted by atomic mass is 10.2. The second-order valence-corrected chi connectivity index (χ2v) is 5.26. The first-order valence-electron chi connectivity index (χ1n) is 5.88. The van der Waals surface area contributed by atoms with Crippen molar-refractivity contribution >= 4 is 27.5 Å². The van der Waals surface area contributed by atoms with E-state index in [1.165, 1.54) is 0 Å². The SMILES string of the molecule is Cc1cc(Br)ccc1NC(=O)c1ccc(C(F)(F)F)cn1. The summed E-state index contributed by atoms with van der Waals surface area (Å²) in [7, 11) is 0. The number of pyridine rings is 1. The van der Waals surface area contributed by atoms with Gasteiger partial charge in [-0.1, -0.05) is 15.9 Å². The highest BCUT2D eigenvalue weighted by atomic mass is 79.9. The molecule has 0 unspecified atom stereocenters. The van der Waals surface area contributed by atoms with E-state index >= 15 is 0 Å². The van der Waals surface area contributed by atoms with E-state index in [4.69, 9.17) is 0 Å². The molecule has 0 radical (unpaired) electrons. The Bertz CT molecular complexity index is 669. The average Bonchev–Trinajstić information content (AvgIpc) is 2.41. The van der Waals surface area contributed by atoms with Gasteiger partial charge in [0.1, 0.15) is 5.69 Å². The van der Waals surface area contributed by atoms with Gasteiger partial charge in [-0.15, -0.1) is 0 Å². The van der Waals surface area contributed by atoms with Gasteiger partial charge in [-0.05, 0) is 42.8 Å². The summed E-state index contributed by atoms with van der Waals surface area (Å²) in [4.78, 5) is 15.5. The van der Waals surface area contributed by atoms with Crippen molar-refractivity contribution in [2.45, 2.75) is 13.1 Å². The molecule has 1 N–H and O–H groups in total. The number of nitrogens with one attached hydrogen (secondary N) is 1. The van der Waals surface area contributed by atoms with Crippen molar-refractivity contribution in [2.75, 3.05) is 5.32 Å². The van der Waals surface area contributed by atoms with E-state index in [1.54, 1.807) is 19.1 Å². The summed E-state index contributed by atoms with van der Waals surface area (Å²) in [5.41, 5.74) is 0.429. The maximum atomic E-state index is 12.4. The number of halogens is 4. The molecule has 0 aliphatic heterocycles. The minimum Gasteiger partial charge on any atom is -0.320 e. The zero-order valence-electron chi connectivity index (χ0n) is 10.8. The van der Waals surface area contributed by atoms with E-state index in [2.05, 4.69) is 26.2 Å². The molecule has 21 heavy (non-hydrogen) atoms. The molecule has 0 aliphatic rings. The van der Waals surface area contributed by atoms with Crippen molar-refractivity contribution in [3.05, 3.63) is 57.8 Å². The van der Waals surface area contributed by atoms with Crippen LogP contribution in [-0.4, -0.2) is 10.9 Å². The van der Waals surface area contributed by atoms with Crippen molar-refractivity contribution in [1.82, 2.24) is 4.98 Å². The van der Waals surface area contributed by atoms with Gasteiger partial charge in [0.2, 0.25) is 0 Å². The predicted molar refractivity (Wildman–Crippen MR) is 76.1 cm³/mol. The number of carbonyl (C=O) groups is 1. The fraction of sp³-hybridized carbons (Fsp3) is 0.143. The predicted octanol–water partition coefficient (Wildman–Crippen LogP) is 4.42. The monoisotopic (exact) mass is 358 g/mol. The quantitative estimate of drug-likeness (QED) is 0.862. The highest BCUT2D eigenvalue weighted by Crippen LogP contribution is 2.28. The van der Waals surface area contributed by atoms with Gasteiger partial charge < -0.3 is 5.32 Å². The first-order valence-corrected chi connectivity index (χ1v) is 6.67. The molecule has 1 heterocycles. The third kappa shape index (κ3) is 3.81. The fourth-order valence-electron chi connectivity index (χ4n) is 1.65. The number of aryl methyl sites for hydroxylation is 1. The van der Waals surface area contributed by atoms with Crippen LogP contribution in [0.2, 0.25) is 0 Å². The molecule has 0 aliphatic carbocycles. The van der Waals surface area contributed by atoms with E-state index < -0.39 is 17.6 Å². The number of nitrogens with zero attached hydrogens (tertiary/aromatic N) is 1. The summed E-state index contributed by atoms with van der Waals surface area (Å²) in [6.07, 6.45) is -3.83. The summed E-state index contributed by atoms with van der Waals surface area (Å²) in [6.45, 7) is 1.81. The normalized spacial score (nSPS) is 11.3. The Kier molecular flexibility index (Phi) is 4.32. The molecule has 2 aromatic rings. The molecule has 1 amide bonds. The lowest BCUT2D eigenvalue weighted by Gasteiger charge is -2.09. The van der Waals surface area contributed by atoms with Gasteiger partial charge in [0.25, 0.3) is 5.91 Å². The number of hydrogen-bond acceptors (Lipinski definition) is 2. The van der Waals surface area contributed by atoms with E-state index in [9.17, 15) is 18.0 Å². The molecule has 110 valence electrons. The number of carbonyl (C=O) groups excluding carboxylic acids is 1. The Hall–Kier alpha value is -1.89. The maximum Gasteiger partial charge on any atom is 0.417 e. The maximum absolute atomic E-state index is 12.4. The summed E-state index contributed by atoms with van der Waals surface area (Å²) in [5, 5.41) is 2.61. The van der Waals surface area contributed by atoms with Gasteiger partial charge >= 0.3 is 6.18 Å². The Morgan fingerprint density at radius 1 is 1.24 bits per heavy atom. The number of benzene rings is 1. The molecule has 0 saturated carbocycles. The van der Waals surface area contributed by atoms with E-state index in [1.807, 2.05) is 6.07 Å². The summed E-state index contributed by atoms with van der Waals surface area (Å²) < 4.78 is 38.1. The topological polar surface area (TPSA) is 42.0 Å². The second-order valence-electron chi connectivity index (χ2n) is 4.34. The number of hydrogen-bond donors (Lipinski definition) is 1. The number of aromatic nitrogens is 1. The molecule has 1 aromatic heterocycles. The van der Waals surface area contributed by atoms with Gasteiger partial charge in [0.15, 0.2) is 0 Å². The summed E-state index contributed by atoms with van der Waals surface area (Å²) >= 11 is 3.30. The Balaban J connectivity index is 2.17. The Morgan fingerprint density at radius 3 is 2.48 bits per heavy atom. The molecule has 3 nitrogen and oxygen atoms in total. The van der Waals surface area contributed by atoms with Crippen molar-refractivity contribution in [3.8, 4) is 0 Å². The molecule has 0 saturated heterocycles. The van der Waals surface area contributed by atoms with E-state index in [0.717, 1.165) is 22.2 Å². The standard InChI is InChI=1S/C14H10BrF3N2O/c1-8-6-10(15)3-5-11(8)20-13(21)12-4-2-9(7-19-12)14(16,17)18/h2-7H,1H3,(H,20,21). The third-order valence-corrected chi connectivity index (χ3v) is 3.25. The van der Waals surface area contributed by atoms with Crippen LogP contribution in [0.25, 0.3) is 0 Å². The van der Waals surface area contributed by atoms with Crippen molar-refractivity contribution in [3.63, 3.8) is 0 Å². The van der Waals surface area contributed by atoms with Crippen molar-refractivity contribution < 1.29 is 18.0 Å². The van der Waals surface area contributed by atoms with Crippen LogP contribution in [0.15, 0.2) is 41.0 Å². The van der Waals surface area contributed by atoms with Crippen LogP contribution in [0, 0.1) is 6.92 Å². The molecule has 7 heteroatoms. The lowest BCUT2D eigenvalue weighted by Crippen LogP contribution is -2.15. The number of rotatable bonds is 2. The van der Waals surface area contributed by atoms with Gasteiger partial charge in [0.05, 0.1) is 5.56 Å². The van der Waals surface area contributed by atoms with Crippen molar-refractivity contribution in [2.24, 2.45) is 0 Å². The molecular formula is C14H10BrF3N2O.